The molecule has 9 N–H and O–H groups in total. The number of aliphatic carboxylic acids is 1. The molecule has 0 radical (unpaired) electrons. The molecule has 0 bridgehead atoms. The molecular formula is C26H37N7O6. The number of aromatic nitrogens is 2. The van der Waals surface area contributed by atoms with Crippen molar-refractivity contribution in [3.05, 3.63) is 54.1 Å². The van der Waals surface area contributed by atoms with Gasteiger partial charge in [0.2, 0.25) is 23.6 Å². The molecule has 0 aliphatic rings. The molecule has 0 fully saturated rings. The van der Waals surface area contributed by atoms with Gasteiger partial charge in [-0.25, -0.2) is 9.78 Å². The van der Waals surface area contributed by atoms with Gasteiger partial charge < -0.3 is 37.5 Å². The lowest BCUT2D eigenvalue weighted by molar-refractivity contribution is -0.142. The lowest BCUT2D eigenvalue weighted by atomic mass is 9.98. The number of imidazole rings is 1. The number of carboxylic acid groups (broad SMARTS) is 1. The summed E-state index contributed by atoms with van der Waals surface area (Å²) in [6.45, 7) is 3.73. The van der Waals surface area contributed by atoms with Crippen molar-refractivity contribution >= 4 is 29.6 Å². The van der Waals surface area contributed by atoms with E-state index in [4.69, 9.17) is 11.5 Å². The van der Waals surface area contributed by atoms with E-state index in [9.17, 15) is 29.1 Å². The molecule has 0 spiro atoms. The molecule has 5 unspecified atom stereocenters. The fraction of sp³-hybridized carbons (Fsp3) is 0.462. The van der Waals surface area contributed by atoms with Gasteiger partial charge in [0.15, 0.2) is 0 Å². The largest absolute Gasteiger partial charge is 0.480 e. The van der Waals surface area contributed by atoms with E-state index in [1.165, 1.54) is 12.5 Å². The van der Waals surface area contributed by atoms with E-state index in [2.05, 4.69) is 25.9 Å². The van der Waals surface area contributed by atoms with Gasteiger partial charge in [0.1, 0.15) is 18.1 Å². The van der Waals surface area contributed by atoms with Crippen LogP contribution in [0.1, 0.15) is 44.4 Å². The maximum atomic E-state index is 13.5. The smallest absolute Gasteiger partial charge is 0.326 e. The second kappa shape index (κ2) is 15.2. The van der Waals surface area contributed by atoms with Crippen molar-refractivity contribution in [3.8, 4) is 0 Å². The molecule has 2 aromatic rings. The summed E-state index contributed by atoms with van der Waals surface area (Å²) >= 11 is 0. The highest BCUT2D eigenvalue weighted by Crippen LogP contribution is 2.09. The second-order valence-corrected chi connectivity index (χ2v) is 9.41. The Hall–Kier alpha value is -4.26. The van der Waals surface area contributed by atoms with Crippen LogP contribution in [0.5, 0.6) is 0 Å². The van der Waals surface area contributed by atoms with E-state index < -0.39 is 53.8 Å². The van der Waals surface area contributed by atoms with Crippen molar-refractivity contribution in [3.63, 3.8) is 0 Å². The van der Waals surface area contributed by atoms with Crippen LogP contribution in [0, 0.1) is 5.92 Å². The highest BCUT2D eigenvalue weighted by Gasteiger charge is 2.31. The summed E-state index contributed by atoms with van der Waals surface area (Å²) in [5, 5.41) is 17.2. The number of carboxylic acids is 1. The maximum Gasteiger partial charge on any atom is 0.326 e. The van der Waals surface area contributed by atoms with Crippen LogP contribution in [0.15, 0.2) is 42.9 Å². The van der Waals surface area contributed by atoms with Crippen molar-refractivity contribution in [1.82, 2.24) is 25.9 Å². The molecule has 39 heavy (non-hydrogen) atoms. The van der Waals surface area contributed by atoms with E-state index >= 15 is 0 Å². The topological polar surface area (TPSA) is 222 Å². The number of hydrogen-bond donors (Lipinski definition) is 7. The third-order valence-electron chi connectivity index (χ3n) is 6.38. The number of nitrogens with two attached hydrogens (primary N) is 2. The summed E-state index contributed by atoms with van der Waals surface area (Å²) in [7, 11) is 0. The Morgan fingerprint density at radius 2 is 1.54 bits per heavy atom. The Kier molecular flexibility index (Phi) is 12.1. The van der Waals surface area contributed by atoms with E-state index in [1.54, 1.807) is 24.3 Å². The van der Waals surface area contributed by atoms with Gasteiger partial charge in [0, 0.05) is 31.2 Å². The minimum absolute atomic E-state index is 0.0435. The molecule has 0 aliphatic carbocycles. The molecule has 2 rings (SSSR count). The lowest BCUT2D eigenvalue weighted by Gasteiger charge is -2.26. The summed E-state index contributed by atoms with van der Waals surface area (Å²) in [6.07, 6.45) is 3.13. The van der Waals surface area contributed by atoms with E-state index in [1.807, 2.05) is 19.9 Å². The Morgan fingerprint density at radius 1 is 0.949 bits per heavy atom. The van der Waals surface area contributed by atoms with Crippen LogP contribution in [-0.2, 0) is 36.8 Å². The Balaban J connectivity index is 2.27. The van der Waals surface area contributed by atoms with Crippen molar-refractivity contribution < 1.29 is 29.1 Å². The van der Waals surface area contributed by atoms with Gasteiger partial charge in [-0.2, -0.15) is 0 Å². The van der Waals surface area contributed by atoms with E-state index in [0.29, 0.717) is 12.1 Å². The number of benzene rings is 1. The molecule has 13 heteroatoms. The predicted octanol–water partition coefficient (Wildman–Crippen LogP) is -0.627. The summed E-state index contributed by atoms with van der Waals surface area (Å²) in [5.74, 6) is -4.16. The number of nitrogens with zero attached hydrogens (tertiary/aromatic N) is 1. The number of carbonyl (C=O) groups is 5. The van der Waals surface area contributed by atoms with Crippen LogP contribution < -0.4 is 27.4 Å². The molecule has 1 aromatic carbocycles. The molecule has 0 saturated heterocycles. The summed E-state index contributed by atoms with van der Waals surface area (Å²) in [5.41, 5.74) is 12.5. The molecule has 1 heterocycles. The molecule has 1 aromatic heterocycles. The van der Waals surface area contributed by atoms with Gasteiger partial charge >= 0.3 is 5.97 Å². The Morgan fingerprint density at radius 3 is 2.08 bits per heavy atom. The highest BCUT2D eigenvalue weighted by atomic mass is 16.4. The monoisotopic (exact) mass is 543 g/mol. The zero-order valence-electron chi connectivity index (χ0n) is 22.1. The number of primary amides is 1. The minimum Gasteiger partial charge on any atom is -0.480 e. The molecule has 5 atom stereocenters. The van der Waals surface area contributed by atoms with Crippen molar-refractivity contribution in [2.45, 2.75) is 70.1 Å². The zero-order valence-corrected chi connectivity index (χ0v) is 22.1. The third-order valence-corrected chi connectivity index (χ3v) is 6.38. The van der Waals surface area contributed by atoms with E-state index in [0.717, 1.165) is 5.56 Å². The predicted molar refractivity (Wildman–Crippen MR) is 142 cm³/mol. The first-order valence-electron chi connectivity index (χ1n) is 12.7. The van der Waals surface area contributed by atoms with Crippen LogP contribution in [0.2, 0.25) is 0 Å². The van der Waals surface area contributed by atoms with E-state index in [-0.39, 0.29) is 31.6 Å². The number of amides is 4. The molecule has 0 saturated carbocycles. The van der Waals surface area contributed by atoms with Gasteiger partial charge in [-0.05, 0) is 17.9 Å². The van der Waals surface area contributed by atoms with Crippen molar-refractivity contribution in [2.24, 2.45) is 17.4 Å². The Labute approximate surface area is 226 Å². The van der Waals surface area contributed by atoms with Gasteiger partial charge in [-0.15, -0.1) is 0 Å². The number of H-pyrrole nitrogens is 1. The maximum absolute atomic E-state index is 13.5. The molecular weight excluding hydrogens is 506 g/mol. The molecule has 4 amide bonds. The number of aromatic amines is 1. The van der Waals surface area contributed by atoms with Gasteiger partial charge in [0.25, 0.3) is 0 Å². The number of rotatable bonds is 16. The average molecular weight is 544 g/mol. The quantitative estimate of drug-likeness (QED) is 0.144. The van der Waals surface area contributed by atoms with Gasteiger partial charge in [-0.3, -0.25) is 19.2 Å². The summed E-state index contributed by atoms with van der Waals surface area (Å²) in [6, 6.07) is 4.46. The number of hydrogen-bond acceptors (Lipinski definition) is 7. The lowest BCUT2D eigenvalue weighted by Crippen LogP contribution is -2.58. The first-order valence-corrected chi connectivity index (χ1v) is 12.7. The highest BCUT2D eigenvalue weighted by molar-refractivity contribution is 5.94. The van der Waals surface area contributed by atoms with Crippen LogP contribution in [0.3, 0.4) is 0 Å². The average Bonchev–Trinajstić information content (AvgIpc) is 3.42. The van der Waals surface area contributed by atoms with Crippen LogP contribution in [0.25, 0.3) is 0 Å². The zero-order chi connectivity index (χ0) is 28.9. The normalized spacial score (nSPS) is 14.7. The summed E-state index contributed by atoms with van der Waals surface area (Å²) < 4.78 is 0. The first-order chi connectivity index (χ1) is 18.5. The van der Waals surface area contributed by atoms with Gasteiger partial charge in [-0.1, -0.05) is 50.6 Å². The third kappa shape index (κ3) is 10.2. The van der Waals surface area contributed by atoms with Crippen molar-refractivity contribution in [2.75, 3.05) is 0 Å². The number of carbonyl (C=O) groups excluding carboxylic acids is 4. The molecule has 212 valence electrons. The summed E-state index contributed by atoms with van der Waals surface area (Å²) in [4.78, 5) is 69.0. The van der Waals surface area contributed by atoms with Crippen molar-refractivity contribution in [1.29, 1.82) is 0 Å². The second-order valence-electron chi connectivity index (χ2n) is 9.41. The van der Waals surface area contributed by atoms with Crippen LogP contribution >= 0.6 is 0 Å². The Bertz CT molecular complexity index is 1110. The molecule has 13 nitrogen and oxygen atoms in total. The van der Waals surface area contributed by atoms with Crippen LogP contribution in [-0.4, -0.2) is 68.8 Å². The fourth-order valence-corrected chi connectivity index (χ4v) is 3.75. The minimum atomic E-state index is -1.40. The standard InChI is InChI=1S/C26H37N7O6/c1-3-15(2)22(28)25(37)33-19(11-16-7-5-4-6-8-16)23(35)32-20(12-17-13-29-14-30-17)24(36)31-18(26(38)39)9-10-21(27)34/h4-8,13-15,18-20,22H,3,9-12,28H2,1-2H3,(H2,27,34)(H,29,30)(H,31,36)(H,32,35)(H,33,37)(H,38,39). The first kappa shape index (κ1) is 31.0. The number of nitrogens with one attached hydrogen (secondary N) is 4. The van der Waals surface area contributed by atoms with Gasteiger partial charge in [0.05, 0.1) is 12.4 Å². The van der Waals surface area contributed by atoms with Crippen LogP contribution in [0.4, 0.5) is 0 Å². The molecule has 0 aliphatic heterocycles. The SMILES string of the molecule is CCC(C)C(N)C(=O)NC(Cc1ccccc1)C(=O)NC(Cc1cnc[nH]1)C(=O)NC(CCC(N)=O)C(=O)O. The fourth-order valence-electron chi connectivity index (χ4n) is 3.75.